The molecule has 0 fully saturated rings. The zero-order valence-corrected chi connectivity index (χ0v) is 5.30. The van der Waals surface area contributed by atoms with Crippen LogP contribution in [0.25, 0.3) is 0 Å². The molecular weight excluding hydrogens is 123 g/mol. The third kappa shape index (κ3) is 2.10. The fraction of sp³-hybridized carbons (Fsp3) is 0.400. The predicted octanol–water partition coefficient (Wildman–Crippen LogP) is 1.21. The van der Waals surface area contributed by atoms with Gasteiger partial charge in [0.2, 0.25) is 0 Å². The smallest absolute Gasteiger partial charge is 0.129 e. The van der Waals surface area contributed by atoms with Crippen LogP contribution in [0.3, 0.4) is 0 Å². The van der Waals surface area contributed by atoms with Gasteiger partial charge in [-0.2, -0.15) is 4.89 Å². The van der Waals surface area contributed by atoms with Gasteiger partial charge in [0.1, 0.15) is 12.9 Å². The average Bonchev–Trinajstić information content (AvgIpc) is 1.62. The lowest BCUT2D eigenvalue weighted by Gasteiger charge is -1.97. The van der Waals surface area contributed by atoms with Crippen molar-refractivity contribution in [2.75, 3.05) is 12.8 Å². The molecule has 3 heteroatoms. The largest absolute Gasteiger partial charge is 0.345 e. The van der Waals surface area contributed by atoms with E-state index in [1.54, 1.807) is 0 Å². The van der Waals surface area contributed by atoms with E-state index in [1.165, 1.54) is 14.5 Å². The lowest BCUT2D eigenvalue weighted by molar-refractivity contribution is -0.243. The van der Waals surface area contributed by atoms with Crippen LogP contribution in [-0.4, -0.2) is 18.6 Å². The minimum atomic E-state index is 0.683. The van der Waals surface area contributed by atoms with E-state index >= 15 is 0 Å². The summed E-state index contributed by atoms with van der Waals surface area (Å²) in [5.74, 6) is 2.03. The molecular formula is C5H7O2P. The van der Waals surface area contributed by atoms with Crippen LogP contribution in [0.4, 0.5) is 0 Å². The monoisotopic (exact) mass is 130 g/mol. The van der Waals surface area contributed by atoms with Crippen molar-refractivity contribution in [1.82, 2.24) is 0 Å². The van der Waals surface area contributed by atoms with Gasteiger partial charge in [0.05, 0.1) is 0 Å². The summed E-state index contributed by atoms with van der Waals surface area (Å²) < 4.78 is 0. The van der Waals surface area contributed by atoms with Gasteiger partial charge >= 0.3 is 0 Å². The second-order valence-electron chi connectivity index (χ2n) is 1.30. The minimum Gasteiger partial charge on any atom is -0.345 e. The summed E-state index contributed by atoms with van der Waals surface area (Å²) in [7, 11) is 1.29. The summed E-state index contributed by atoms with van der Waals surface area (Å²) in [4.78, 5) is 9.22. The van der Waals surface area contributed by atoms with E-state index in [-0.39, 0.29) is 0 Å². The van der Waals surface area contributed by atoms with E-state index in [9.17, 15) is 0 Å². The first kappa shape index (κ1) is 5.80. The van der Waals surface area contributed by atoms with Gasteiger partial charge in [0.15, 0.2) is 0 Å². The van der Waals surface area contributed by atoms with Crippen LogP contribution in [-0.2, 0) is 9.78 Å². The molecule has 0 aromatic heterocycles. The molecule has 0 amide bonds. The van der Waals surface area contributed by atoms with Crippen LogP contribution in [0.5, 0.6) is 0 Å². The van der Waals surface area contributed by atoms with Crippen LogP contribution in [0.2, 0.25) is 0 Å². The van der Waals surface area contributed by atoms with Gasteiger partial charge in [0.25, 0.3) is 0 Å². The molecule has 8 heavy (non-hydrogen) atoms. The summed E-state index contributed by atoms with van der Waals surface area (Å²) >= 11 is 0. The molecule has 0 atom stereocenters. The van der Waals surface area contributed by atoms with Gasteiger partial charge in [-0.25, -0.2) is 0 Å². The molecule has 0 aliphatic carbocycles. The van der Waals surface area contributed by atoms with Gasteiger partial charge in [-0.3, -0.25) is 0 Å². The van der Waals surface area contributed by atoms with Crippen LogP contribution >= 0.6 is 8.20 Å². The highest BCUT2D eigenvalue weighted by Gasteiger charge is 1.84. The van der Waals surface area contributed by atoms with Crippen molar-refractivity contribution in [2.24, 2.45) is 0 Å². The zero-order chi connectivity index (χ0) is 5.66. The fourth-order valence-corrected chi connectivity index (χ4v) is 0.901. The first-order valence-electron chi connectivity index (χ1n) is 2.43. The Morgan fingerprint density at radius 2 is 2.50 bits per heavy atom. The Balaban J connectivity index is 2.33. The Bertz CT molecular complexity index is 95.0. The van der Waals surface area contributed by atoms with Crippen LogP contribution in [0, 0.1) is 0 Å². The first-order chi connectivity index (χ1) is 4.00. The van der Waals surface area contributed by atoms with Gasteiger partial charge in [0, 0.05) is 6.16 Å². The van der Waals surface area contributed by atoms with E-state index in [2.05, 4.69) is 9.78 Å². The van der Waals surface area contributed by atoms with Crippen molar-refractivity contribution >= 4 is 14.0 Å². The van der Waals surface area contributed by atoms with Gasteiger partial charge in [-0.1, -0.05) is 0 Å². The molecule has 44 valence electrons. The van der Waals surface area contributed by atoms with Crippen molar-refractivity contribution < 1.29 is 9.78 Å². The Kier molecular flexibility index (Phi) is 2.64. The van der Waals surface area contributed by atoms with Crippen molar-refractivity contribution in [2.45, 2.75) is 0 Å². The molecule has 0 aromatic carbocycles. The number of allylic oxidation sites excluding steroid dienone is 1. The van der Waals surface area contributed by atoms with Crippen molar-refractivity contribution in [3.05, 3.63) is 12.3 Å². The topological polar surface area (TPSA) is 18.5 Å². The lowest BCUT2D eigenvalue weighted by Crippen LogP contribution is -1.94. The standard InChI is InChI=1S/C5H7O2P/c1-2-6-7-3-5-8-4-1/h1-2,4H,3,5H2/b2-1-. The molecule has 0 bridgehead atoms. The van der Waals surface area contributed by atoms with Crippen LogP contribution in [0.15, 0.2) is 12.3 Å². The molecule has 1 aliphatic rings. The highest BCUT2D eigenvalue weighted by Crippen LogP contribution is 1.96. The second-order valence-corrected chi connectivity index (χ2v) is 2.41. The van der Waals surface area contributed by atoms with Gasteiger partial charge < -0.3 is 4.89 Å². The Labute approximate surface area is 49.8 Å². The van der Waals surface area contributed by atoms with Gasteiger partial charge in [-0.05, 0) is 11.9 Å². The minimum absolute atomic E-state index is 0.683. The molecule has 1 heterocycles. The normalized spacial score (nSPS) is 25.0. The summed E-state index contributed by atoms with van der Waals surface area (Å²) in [6.07, 6.45) is 4.39. The molecule has 0 unspecified atom stereocenters. The Hall–Kier alpha value is -0.330. The molecule has 0 aromatic rings. The van der Waals surface area contributed by atoms with Gasteiger partial charge in [-0.15, -0.1) is 8.20 Å². The maximum absolute atomic E-state index is 4.66. The third-order valence-electron chi connectivity index (χ3n) is 0.697. The number of hydrogen-bond acceptors (Lipinski definition) is 2. The Morgan fingerprint density at radius 1 is 1.50 bits per heavy atom. The number of rotatable bonds is 0. The molecule has 0 radical (unpaired) electrons. The van der Waals surface area contributed by atoms with Crippen LogP contribution in [0.1, 0.15) is 0 Å². The first-order valence-corrected chi connectivity index (χ1v) is 3.58. The highest BCUT2D eigenvalue weighted by atomic mass is 31.1. The van der Waals surface area contributed by atoms with Crippen molar-refractivity contribution in [1.29, 1.82) is 0 Å². The molecule has 0 spiro atoms. The molecule has 2 nitrogen and oxygen atoms in total. The van der Waals surface area contributed by atoms with Crippen LogP contribution < -0.4 is 0 Å². The Morgan fingerprint density at radius 3 is 3.50 bits per heavy atom. The molecule has 0 saturated heterocycles. The van der Waals surface area contributed by atoms with Crippen molar-refractivity contribution in [3.8, 4) is 0 Å². The molecule has 0 saturated carbocycles. The SMILES string of the molecule is C1=PCCOO/C=C\1. The quantitative estimate of drug-likeness (QED) is 0.362. The van der Waals surface area contributed by atoms with E-state index < -0.39 is 0 Å². The second kappa shape index (κ2) is 3.65. The summed E-state index contributed by atoms with van der Waals surface area (Å²) in [5.41, 5.74) is 0. The lowest BCUT2D eigenvalue weighted by atomic mass is 10.7. The fourth-order valence-electron chi connectivity index (χ4n) is 0.380. The van der Waals surface area contributed by atoms with E-state index in [1.807, 2.05) is 11.9 Å². The third-order valence-corrected chi connectivity index (χ3v) is 1.52. The maximum atomic E-state index is 4.66. The molecule has 1 aliphatic heterocycles. The van der Waals surface area contributed by atoms with E-state index in [0.29, 0.717) is 6.61 Å². The summed E-state index contributed by atoms with van der Waals surface area (Å²) in [6, 6.07) is 0. The molecule has 0 N–H and O–H groups in total. The van der Waals surface area contributed by atoms with Crippen molar-refractivity contribution in [3.63, 3.8) is 0 Å². The number of hydrogen-bond donors (Lipinski definition) is 0. The average molecular weight is 130 g/mol. The van der Waals surface area contributed by atoms with E-state index in [4.69, 9.17) is 0 Å². The summed E-state index contributed by atoms with van der Waals surface area (Å²) in [6.45, 7) is 0.683. The zero-order valence-electron chi connectivity index (χ0n) is 4.41. The predicted molar refractivity (Wildman–Crippen MR) is 34.0 cm³/mol. The maximum Gasteiger partial charge on any atom is 0.129 e. The molecule has 1 rings (SSSR count). The highest BCUT2D eigenvalue weighted by molar-refractivity contribution is 7.38. The summed E-state index contributed by atoms with van der Waals surface area (Å²) in [5, 5.41) is 0. The van der Waals surface area contributed by atoms with E-state index in [0.717, 1.165) is 6.16 Å².